The lowest BCUT2D eigenvalue weighted by Crippen LogP contribution is -2.53. The number of aryl methyl sites for hydroxylation is 2. The summed E-state index contributed by atoms with van der Waals surface area (Å²) in [5, 5.41) is 14.6. The molecule has 0 spiro atoms. The molecule has 0 aliphatic rings. The summed E-state index contributed by atoms with van der Waals surface area (Å²) in [6.07, 6.45) is 0.870. The van der Waals surface area contributed by atoms with Gasteiger partial charge >= 0.3 is 0 Å². The second kappa shape index (κ2) is 16.1. The number of nitro benzene ring substituents is 1. The summed E-state index contributed by atoms with van der Waals surface area (Å²) in [7, 11) is -3.06. The lowest BCUT2D eigenvalue weighted by atomic mass is 10.0. The first-order valence-corrected chi connectivity index (χ1v) is 17.0. The number of rotatable bonds is 15. The summed E-state index contributed by atoms with van der Waals surface area (Å²) in [6, 6.07) is 25.5. The Kier molecular flexibility index (Phi) is 11.9. The third-order valence-electron chi connectivity index (χ3n) is 8.03. The van der Waals surface area contributed by atoms with Crippen LogP contribution >= 0.6 is 0 Å². The molecule has 0 bridgehead atoms. The van der Waals surface area contributed by atoms with E-state index in [1.54, 1.807) is 12.1 Å². The van der Waals surface area contributed by atoms with Gasteiger partial charge in [-0.2, -0.15) is 0 Å². The summed E-state index contributed by atoms with van der Waals surface area (Å²) in [6.45, 7) is 5.09. The smallest absolute Gasteiger partial charge is 0.273 e. The summed E-state index contributed by atoms with van der Waals surface area (Å²) >= 11 is 0. The van der Waals surface area contributed by atoms with E-state index >= 15 is 0 Å². The largest absolute Gasteiger partial charge is 0.497 e. The molecule has 4 rings (SSSR count). The average Bonchev–Trinajstić information content (AvgIpc) is 3.08. The van der Waals surface area contributed by atoms with Gasteiger partial charge in [-0.1, -0.05) is 67.6 Å². The van der Waals surface area contributed by atoms with E-state index in [0.717, 1.165) is 27.1 Å². The van der Waals surface area contributed by atoms with Crippen LogP contribution in [0.2, 0.25) is 0 Å². The highest BCUT2D eigenvalue weighted by Gasteiger charge is 2.35. The molecule has 12 heteroatoms. The SMILES string of the molecule is CCCNC(=O)[C@@H](Cc1ccccc1)N(Cc1ccccc1C)C(=O)CN(c1ccc(OC)cc1)S(=O)(=O)c1ccc(C)c([N+](=O)[O-])c1. The molecule has 2 amide bonds. The fraction of sp³-hybridized carbons (Fsp3) is 0.278. The highest BCUT2D eigenvalue weighted by Crippen LogP contribution is 2.30. The van der Waals surface area contributed by atoms with E-state index in [0.29, 0.717) is 18.7 Å². The van der Waals surface area contributed by atoms with Crippen LogP contribution in [0.5, 0.6) is 5.75 Å². The number of amides is 2. The van der Waals surface area contributed by atoms with Gasteiger partial charge in [-0.3, -0.25) is 24.0 Å². The number of carbonyl (C=O) groups is 2. The van der Waals surface area contributed by atoms with Crippen molar-refractivity contribution >= 4 is 33.2 Å². The molecule has 11 nitrogen and oxygen atoms in total. The van der Waals surface area contributed by atoms with Crippen LogP contribution in [0.1, 0.15) is 35.6 Å². The van der Waals surface area contributed by atoms with E-state index in [1.165, 1.54) is 43.2 Å². The Labute approximate surface area is 281 Å². The summed E-state index contributed by atoms with van der Waals surface area (Å²) in [4.78, 5) is 40.5. The van der Waals surface area contributed by atoms with E-state index in [-0.39, 0.29) is 40.7 Å². The van der Waals surface area contributed by atoms with Crippen molar-refractivity contribution in [1.82, 2.24) is 10.2 Å². The van der Waals surface area contributed by atoms with Gasteiger partial charge in [0.05, 0.1) is 22.6 Å². The zero-order valence-corrected chi connectivity index (χ0v) is 28.3. The normalized spacial score (nSPS) is 11.8. The van der Waals surface area contributed by atoms with Crippen molar-refractivity contribution in [3.63, 3.8) is 0 Å². The molecule has 0 saturated heterocycles. The standard InChI is InChI=1S/C36H40N4O7S/c1-5-21-37-36(42)34(22-28-12-7-6-8-13-28)38(24-29-14-10-9-11-26(29)2)35(41)25-39(30-16-18-31(47-4)19-17-30)48(45,46)32-20-15-27(3)33(23-32)40(43)44/h6-20,23,34H,5,21-22,24-25H2,1-4H3,(H,37,42)/t34-/m1/s1. The number of methoxy groups -OCH3 is 1. The molecule has 1 N–H and O–H groups in total. The minimum absolute atomic E-state index is 0.0368. The molecule has 4 aromatic carbocycles. The minimum Gasteiger partial charge on any atom is -0.497 e. The van der Waals surface area contributed by atoms with Gasteiger partial charge in [0, 0.05) is 31.1 Å². The van der Waals surface area contributed by atoms with Crippen molar-refractivity contribution in [3.05, 3.63) is 129 Å². The first kappa shape index (κ1) is 35.6. The predicted molar refractivity (Wildman–Crippen MR) is 184 cm³/mol. The molecule has 0 aliphatic heterocycles. The van der Waals surface area contributed by atoms with Crippen LogP contribution < -0.4 is 14.4 Å². The molecular formula is C36H40N4O7S. The second-order valence-electron chi connectivity index (χ2n) is 11.4. The van der Waals surface area contributed by atoms with Gasteiger partial charge in [0.25, 0.3) is 15.7 Å². The Balaban J connectivity index is 1.84. The maximum Gasteiger partial charge on any atom is 0.273 e. The average molecular weight is 673 g/mol. The van der Waals surface area contributed by atoms with Crippen LogP contribution in [-0.2, 0) is 32.6 Å². The maximum absolute atomic E-state index is 14.6. The minimum atomic E-state index is -4.54. The molecule has 4 aromatic rings. The highest BCUT2D eigenvalue weighted by atomic mass is 32.2. The molecule has 48 heavy (non-hydrogen) atoms. The van der Waals surface area contributed by atoms with Crippen molar-refractivity contribution < 1.29 is 27.7 Å². The zero-order chi connectivity index (χ0) is 34.8. The van der Waals surface area contributed by atoms with Gasteiger partial charge in [0.15, 0.2) is 0 Å². The number of nitrogens with zero attached hydrogens (tertiary/aromatic N) is 3. The van der Waals surface area contributed by atoms with E-state index < -0.39 is 33.4 Å². The Bertz CT molecular complexity index is 1850. The first-order valence-electron chi connectivity index (χ1n) is 15.5. The molecule has 0 aliphatic carbocycles. The van der Waals surface area contributed by atoms with E-state index in [1.807, 2.05) is 68.4 Å². The van der Waals surface area contributed by atoms with Crippen molar-refractivity contribution in [2.45, 2.75) is 51.1 Å². The Morgan fingerprint density at radius 3 is 2.21 bits per heavy atom. The van der Waals surface area contributed by atoms with Crippen LogP contribution in [0.15, 0.2) is 102 Å². The number of benzene rings is 4. The fourth-order valence-corrected chi connectivity index (χ4v) is 6.68. The Morgan fingerprint density at radius 1 is 0.917 bits per heavy atom. The quantitative estimate of drug-likeness (QED) is 0.128. The number of hydrogen-bond donors (Lipinski definition) is 1. The van der Waals surface area contributed by atoms with Crippen LogP contribution in [-0.4, -0.2) is 56.3 Å². The summed E-state index contributed by atoms with van der Waals surface area (Å²) in [5.74, 6) is -0.535. The summed E-state index contributed by atoms with van der Waals surface area (Å²) in [5.41, 5.74) is 2.57. The number of nitrogens with one attached hydrogen (secondary N) is 1. The van der Waals surface area contributed by atoms with Crippen LogP contribution in [0.3, 0.4) is 0 Å². The first-order chi connectivity index (χ1) is 23.0. The topological polar surface area (TPSA) is 139 Å². The second-order valence-corrected chi connectivity index (χ2v) is 13.2. The predicted octanol–water partition coefficient (Wildman–Crippen LogP) is 5.58. The van der Waals surface area contributed by atoms with Gasteiger partial charge in [0.1, 0.15) is 18.3 Å². The van der Waals surface area contributed by atoms with E-state index in [2.05, 4.69) is 5.32 Å². The van der Waals surface area contributed by atoms with Crippen LogP contribution in [0.25, 0.3) is 0 Å². The number of ether oxygens (including phenoxy) is 1. The number of anilines is 1. The molecule has 0 unspecified atom stereocenters. The van der Waals surface area contributed by atoms with Gasteiger partial charge in [-0.15, -0.1) is 0 Å². The van der Waals surface area contributed by atoms with E-state index in [4.69, 9.17) is 4.74 Å². The van der Waals surface area contributed by atoms with Crippen molar-refractivity contribution in [3.8, 4) is 5.75 Å². The number of sulfonamides is 1. The fourth-order valence-electron chi connectivity index (χ4n) is 5.24. The third kappa shape index (κ3) is 8.56. The number of nitro groups is 1. The number of carbonyl (C=O) groups excluding carboxylic acids is 2. The van der Waals surface area contributed by atoms with Crippen molar-refractivity contribution in [2.24, 2.45) is 0 Å². The molecule has 0 aromatic heterocycles. The van der Waals surface area contributed by atoms with Gasteiger partial charge in [-0.25, -0.2) is 8.42 Å². The maximum atomic E-state index is 14.6. The van der Waals surface area contributed by atoms with Gasteiger partial charge in [0.2, 0.25) is 11.8 Å². The Hall–Kier alpha value is -5.23. The van der Waals surface area contributed by atoms with Crippen molar-refractivity contribution in [1.29, 1.82) is 0 Å². The van der Waals surface area contributed by atoms with Gasteiger partial charge < -0.3 is 15.0 Å². The van der Waals surface area contributed by atoms with Crippen LogP contribution in [0, 0.1) is 24.0 Å². The molecule has 252 valence electrons. The van der Waals surface area contributed by atoms with Crippen molar-refractivity contribution in [2.75, 3.05) is 24.5 Å². The van der Waals surface area contributed by atoms with Crippen LogP contribution in [0.4, 0.5) is 11.4 Å². The monoisotopic (exact) mass is 672 g/mol. The molecule has 0 saturated carbocycles. The molecule has 0 fully saturated rings. The molecule has 0 radical (unpaired) electrons. The third-order valence-corrected chi connectivity index (χ3v) is 9.80. The highest BCUT2D eigenvalue weighted by molar-refractivity contribution is 7.92. The molecule has 1 atom stereocenters. The molecule has 0 heterocycles. The zero-order valence-electron chi connectivity index (χ0n) is 27.5. The number of hydrogen-bond acceptors (Lipinski definition) is 7. The van der Waals surface area contributed by atoms with E-state index in [9.17, 15) is 28.1 Å². The lowest BCUT2D eigenvalue weighted by molar-refractivity contribution is -0.385. The summed E-state index contributed by atoms with van der Waals surface area (Å²) < 4.78 is 34.8. The Morgan fingerprint density at radius 2 is 1.58 bits per heavy atom. The lowest BCUT2D eigenvalue weighted by Gasteiger charge is -2.34. The van der Waals surface area contributed by atoms with Gasteiger partial charge in [-0.05, 0) is 67.3 Å². The molecular weight excluding hydrogens is 632 g/mol.